The molecule has 0 bridgehead atoms. The van der Waals surface area contributed by atoms with Gasteiger partial charge in [-0.25, -0.2) is 0 Å². The van der Waals surface area contributed by atoms with Crippen LogP contribution in [-0.4, -0.2) is 14.1 Å². The Labute approximate surface area is 95.8 Å². The van der Waals surface area contributed by atoms with Gasteiger partial charge in [-0.3, -0.25) is 4.79 Å². The second-order valence-electron chi connectivity index (χ2n) is 3.19. The van der Waals surface area contributed by atoms with Gasteiger partial charge in [0.1, 0.15) is 0 Å². The van der Waals surface area contributed by atoms with E-state index >= 15 is 0 Å². The predicted molar refractivity (Wildman–Crippen MR) is 58.0 cm³/mol. The summed E-state index contributed by atoms with van der Waals surface area (Å²) in [6.07, 6.45) is 0. The van der Waals surface area contributed by atoms with Gasteiger partial charge in [-0.05, 0) is 0 Å². The number of Topliss-reactive ketones (excluding diaryl/α,β-unsaturated/α-hetero) is 1. The molecule has 1 aliphatic carbocycles. The van der Waals surface area contributed by atoms with Crippen molar-refractivity contribution >= 4 is 53.6 Å². The summed E-state index contributed by atoms with van der Waals surface area (Å²) in [7, 11) is 0. The molecule has 68 valence electrons. The standard InChI is InChI=1S/C7H7Br3O2/c1-6(2)4(8)3(11)5(12)7(6,9)10/h11H,1-2H3. The third kappa shape index (κ3) is 1.13. The van der Waals surface area contributed by atoms with Gasteiger partial charge in [-0.1, -0.05) is 61.6 Å². The number of halogens is 3. The van der Waals surface area contributed by atoms with Gasteiger partial charge in [-0.15, -0.1) is 0 Å². The Morgan fingerprint density at radius 1 is 1.33 bits per heavy atom. The van der Waals surface area contributed by atoms with Gasteiger partial charge in [0.15, 0.2) is 8.99 Å². The Balaban J connectivity index is 3.31. The summed E-state index contributed by atoms with van der Waals surface area (Å²) in [5.74, 6) is -0.562. The SMILES string of the molecule is CC1(C)C(Br)=C(O)C(=O)C1(Br)Br. The molecule has 1 rings (SSSR count). The summed E-state index contributed by atoms with van der Waals surface area (Å²) >= 11 is 9.68. The van der Waals surface area contributed by atoms with Crippen molar-refractivity contribution in [2.45, 2.75) is 17.1 Å². The number of aliphatic hydroxyl groups excluding tert-OH is 1. The van der Waals surface area contributed by atoms with Crippen molar-refractivity contribution in [3.05, 3.63) is 10.2 Å². The van der Waals surface area contributed by atoms with E-state index in [4.69, 9.17) is 0 Å². The van der Waals surface area contributed by atoms with Crippen LogP contribution in [0.3, 0.4) is 0 Å². The highest BCUT2D eigenvalue weighted by Crippen LogP contribution is 2.57. The van der Waals surface area contributed by atoms with Crippen LogP contribution in [0.5, 0.6) is 0 Å². The Morgan fingerprint density at radius 2 is 1.75 bits per heavy atom. The Hall–Kier alpha value is 0.650. The van der Waals surface area contributed by atoms with Gasteiger partial charge >= 0.3 is 0 Å². The second kappa shape index (κ2) is 2.82. The molecule has 0 saturated carbocycles. The van der Waals surface area contributed by atoms with E-state index in [-0.39, 0.29) is 11.5 Å². The number of carbonyl (C=O) groups is 1. The lowest BCUT2D eigenvalue weighted by molar-refractivity contribution is -0.117. The zero-order valence-electron chi connectivity index (χ0n) is 6.49. The molecule has 0 unspecified atom stereocenters. The van der Waals surface area contributed by atoms with Crippen LogP contribution >= 0.6 is 47.8 Å². The topological polar surface area (TPSA) is 37.3 Å². The first-order valence-corrected chi connectivity index (χ1v) is 5.62. The van der Waals surface area contributed by atoms with Gasteiger partial charge in [0.2, 0.25) is 5.78 Å². The van der Waals surface area contributed by atoms with Gasteiger partial charge < -0.3 is 5.11 Å². The van der Waals surface area contributed by atoms with Crippen LogP contribution < -0.4 is 0 Å². The molecular formula is C7H7Br3O2. The molecule has 0 heterocycles. The molecular weight excluding hydrogens is 356 g/mol. The number of hydrogen-bond acceptors (Lipinski definition) is 2. The first kappa shape index (κ1) is 10.7. The summed E-state index contributed by atoms with van der Waals surface area (Å²) in [6.45, 7) is 3.70. The molecule has 0 aromatic carbocycles. The molecule has 5 heteroatoms. The van der Waals surface area contributed by atoms with Crippen molar-refractivity contribution in [1.82, 2.24) is 0 Å². The predicted octanol–water partition coefficient (Wildman–Crippen LogP) is 3.25. The number of alkyl halides is 2. The number of hydrogen-bond donors (Lipinski definition) is 1. The number of allylic oxidation sites excluding steroid dienone is 2. The van der Waals surface area contributed by atoms with Crippen molar-refractivity contribution < 1.29 is 9.90 Å². The maximum Gasteiger partial charge on any atom is 0.226 e. The molecule has 1 N–H and O–H groups in total. The number of aliphatic hydroxyl groups is 1. The van der Waals surface area contributed by atoms with Crippen LogP contribution in [0.2, 0.25) is 0 Å². The molecule has 12 heavy (non-hydrogen) atoms. The average molecular weight is 363 g/mol. The maximum absolute atomic E-state index is 11.4. The van der Waals surface area contributed by atoms with Gasteiger partial charge in [0.25, 0.3) is 0 Å². The molecule has 1 aliphatic rings. The summed E-state index contributed by atoms with van der Waals surface area (Å²) in [4.78, 5) is 11.4. The second-order valence-corrected chi connectivity index (χ2v) is 7.43. The molecule has 0 atom stereocenters. The minimum atomic E-state index is -0.893. The van der Waals surface area contributed by atoms with E-state index in [1.165, 1.54) is 0 Å². The monoisotopic (exact) mass is 360 g/mol. The van der Waals surface area contributed by atoms with Crippen LogP contribution in [-0.2, 0) is 4.79 Å². The number of rotatable bonds is 0. The van der Waals surface area contributed by atoms with Crippen molar-refractivity contribution in [3.8, 4) is 0 Å². The van der Waals surface area contributed by atoms with E-state index in [1.807, 2.05) is 13.8 Å². The van der Waals surface area contributed by atoms with Crippen molar-refractivity contribution in [3.63, 3.8) is 0 Å². The van der Waals surface area contributed by atoms with E-state index in [0.29, 0.717) is 4.48 Å². The highest BCUT2D eigenvalue weighted by molar-refractivity contribution is 9.26. The fraction of sp³-hybridized carbons (Fsp3) is 0.571. The lowest BCUT2D eigenvalue weighted by Gasteiger charge is -2.29. The molecule has 2 nitrogen and oxygen atoms in total. The number of carbonyl (C=O) groups excluding carboxylic acids is 1. The molecule has 0 amide bonds. The van der Waals surface area contributed by atoms with Crippen LogP contribution in [0.4, 0.5) is 0 Å². The molecule has 0 aromatic heterocycles. The quantitative estimate of drug-likeness (QED) is 0.672. The van der Waals surface area contributed by atoms with Gasteiger partial charge in [0.05, 0.1) is 0 Å². The summed E-state index contributed by atoms with van der Waals surface area (Å²) in [5, 5.41) is 9.36. The number of ketones is 1. The molecule has 0 radical (unpaired) electrons. The maximum atomic E-state index is 11.4. The van der Waals surface area contributed by atoms with Gasteiger partial charge in [-0.2, -0.15) is 0 Å². The lowest BCUT2D eigenvalue weighted by atomic mass is 9.93. The van der Waals surface area contributed by atoms with Crippen molar-refractivity contribution in [1.29, 1.82) is 0 Å². The van der Waals surface area contributed by atoms with Crippen LogP contribution in [0.15, 0.2) is 10.2 Å². The third-order valence-electron chi connectivity index (χ3n) is 2.04. The normalized spacial score (nSPS) is 26.6. The van der Waals surface area contributed by atoms with Crippen LogP contribution in [0.1, 0.15) is 13.8 Å². The average Bonchev–Trinajstić information content (AvgIpc) is 2.05. The van der Waals surface area contributed by atoms with E-state index < -0.39 is 8.65 Å². The minimum Gasteiger partial charge on any atom is -0.504 e. The first-order valence-electron chi connectivity index (χ1n) is 3.24. The molecule has 0 aromatic rings. The third-order valence-corrected chi connectivity index (χ3v) is 6.11. The highest BCUT2D eigenvalue weighted by Gasteiger charge is 2.57. The lowest BCUT2D eigenvalue weighted by Crippen LogP contribution is -2.35. The van der Waals surface area contributed by atoms with E-state index in [9.17, 15) is 9.90 Å². The Bertz CT molecular complexity index is 278. The largest absolute Gasteiger partial charge is 0.504 e. The van der Waals surface area contributed by atoms with Crippen molar-refractivity contribution in [2.75, 3.05) is 0 Å². The fourth-order valence-electron chi connectivity index (χ4n) is 0.966. The van der Waals surface area contributed by atoms with Crippen LogP contribution in [0, 0.1) is 5.41 Å². The molecule has 0 saturated heterocycles. The molecule has 0 fully saturated rings. The summed E-state index contributed by atoms with van der Waals surface area (Å²) in [5.41, 5.74) is -0.478. The minimum absolute atomic E-state index is 0.214. The molecule has 0 spiro atoms. The molecule has 0 aliphatic heterocycles. The zero-order chi connectivity index (χ0) is 9.73. The smallest absolute Gasteiger partial charge is 0.226 e. The Kier molecular flexibility index (Phi) is 2.52. The first-order chi connectivity index (χ1) is 5.23. The van der Waals surface area contributed by atoms with Gasteiger partial charge in [0, 0.05) is 9.90 Å². The highest BCUT2D eigenvalue weighted by atomic mass is 79.9. The van der Waals surface area contributed by atoms with E-state index in [0.717, 1.165) is 0 Å². The van der Waals surface area contributed by atoms with E-state index in [2.05, 4.69) is 47.8 Å². The zero-order valence-corrected chi connectivity index (χ0v) is 11.2. The fourth-order valence-corrected chi connectivity index (χ4v) is 2.75. The Morgan fingerprint density at radius 3 is 1.83 bits per heavy atom. The van der Waals surface area contributed by atoms with E-state index in [1.54, 1.807) is 0 Å². The van der Waals surface area contributed by atoms with Crippen LogP contribution in [0.25, 0.3) is 0 Å². The summed E-state index contributed by atoms with van der Waals surface area (Å²) in [6, 6.07) is 0. The summed E-state index contributed by atoms with van der Waals surface area (Å²) < 4.78 is -0.371. The van der Waals surface area contributed by atoms with Crippen molar-refractivity contribution in [2.24, 2.45) is 5.41 Å².